The largest absolute Gasteiger partial charge is 0.396 e. The van der Waals surface area contributed by atoms with Gasteiger partial charge in [0.1, 0.15) is 5.15 Å². The maximum atomic E-state index is 11.9. The average Bonchev–Trinajstić information content (AvgIpc) is 2.62. The molecule has 0 aromatic carbocycles. The van der Waals surface area contributed by atoms with Crippen molar-refractivity contribution in [1.82, 2.24) is 10.3 Å². The van der Waals surface area contributed by atoms with Crippen molar-refractivity contribution >= 4 is 17.5 Å². The third-order valence-corrected chi connectivity index (χ3v) is 4.58. The Kier molecular flexibility index (Phi) is 13.3. The van der Waals surface area contributed by atoms with Gasteiger partial charge in [0.15, 0.2) is 0 Å². The molecule has 4 nitrogen and oxygen atoms in total. The van der Waals surface area contributed by atoms with Gasteiger partial charge in [-0.3, -0.25) is 4.79 Å². The van der Waals surface area contributed by atoms with E-state index < -0.39 is 0 Å². The quantitative estimate of drug-likeness (QED) is 0.333. The third-order valence-electron chi connectivity index (χ3n) is 4.36. The highest BCUT2D eigenvalue weighted by atomic mass is 35.5. The molecule has 1 rings (SSSR count). The van der Waals surface area contributed by atoms with Crippen LogP contribution in [0.25, 0.3) is 0 Å². The smallest absolute Gasteiger partial charge is 0.252 e. The second-order valence-corrected chi connectivity index (χ2v) is 6.98. The van der Waals surface area contributed by atoms with Crippen LogP contribution in [0.2, 0.25) is 5.15 Å². The second kappa shape index (κ2) is 15.2. The van der Waals surface area contributed by atoms with Crippen molar-refractivity contribution in [3.63, 3.8) is 0 Å². The fraction of sp³-hybridized carbons (Fsp3) is 0.700. The lowest BCUT2D eigenvalue weighted by Gasteiger charge is -2.05. The molecule has 0 fully saturated rings. The summed E-state index contributed by atoms with van der Waals surface area (Å²) in [6.45, 7) is 1.05. The van der Waals surface area contributed by atoms with Crippen LogP contribution in [0.1, 0.15) is 87.4 Å². The lowest BCUT2D eigenvalue weighted by molar-refractivity contribution is 0.0952. The summed E-state index contributed by atoms with van der Waals surface area (Å²) in [6, 6.07) is 3.32. The number of rotatable bonds is 15. The van der Waals surface area contributed by atoms with Gasteiger partial charge in [-0.05, 0) is 25.0 Å². The monoisotopic (exact) mass is 368 g/mol. The number of nitrogens with one attached hydrogen (secondary N) is 1. The number of aliphatic hydroxyl groups excluding tert-OH is 1. The molecule has 25 heavy (non-hydrogen) atoms. The van der Waals surface area contributed by atoms with Crippen molar-refractivity contribution < 1.29 is 9.90 Å². The van der Waals surface area contributed by atoms with Crippen LogP contribution in [0.4, 0.5) is 0 Å². The highest BCUT2D eigenvalue weighted by Gasteiger charge is 2.04. The SMILES string of the molecule is O=C(NCCCCCCCCCCCCCCO)c1ccc(Cl)nc1. The first-order valence-electron chi connectivity index (χ1n) is 9.74. The van der Waals surface area contributed by atoms with Crippen LogP contribution < -0.4 is 5.32 Å². The molecular weight excluding hydrogens is 336 g/mol. The number of amides is 1. The number of hydrogen-bond donors (Lipinski definition) is 2. The highest BCUT2D eigenvalue weighted by molar-refractivity contribution is 6.29. The number of hydrogen-bond acceptors (Lipinski definition) is 3. The van der Waals surface area contributed by atoms with Crippen molar-refractivity contribution in [2.24, 2.45) is 0 Å². The van der Waals surface area contributed by atoms with Gasteiger partial charge in [-0.25, -0.2) is 4.98 Å². The fourth-order valence-electron chi connectivity index (χ4n) is 2.82. The molecule has 0 saturated carbocycles. The van der Waals surface area contributed by atoms with Crippen LogP contribution >= 0.6 is 11.6 Å². The fourth-order valence-corrected chi connectivity index (χ4v) is 2.93. The number of aliphatic hydroxyl groups is 1. The van der Waals surface area contributed by atoms with E-state index in [2.05, 4.69) is 10.3 Å². The summed E-state index contributed by atoms with van der Waals surface area (Å²) in [5.41, 5.74) is 0.556. The lowest BCUT2D eigenvalue weighted by atomic mass is 10.1. The molecule has 1 aromatic rings. The van der Waals surface area contributed by atoms with Gasteiger partial charge in [0.2, 0.25) is 0 Å². The van der Waals surface area contributed by atoms with Crippen LogP contribution in [0.3, 0.4) is 0 Å². The summed E-state index contributed by atoms with van der Waals surface area (Å²) in [5.74, 6) is -0.0804. The number of nitrogens with zero attached hydrogens (tertiary/aromatic N) is 1. The Balaban J connectivity index is 1.84. The summed E-state index contributed by atoms with van der Waals surface area (Å²) >= 11 is 5.71. The normalized spacial score (nSPS) is 10.8. The Bertz CT molecular complexity index is 452. The third kappa shape index (κ3) is 12.0. The van der Waals surface area contributed by atoms with E-state index in [-0.39, 0.29) is 5.91 Å². The van der Waals surface area contributed by atoms with Crippen molar-refractivity contribution in [2.75, 3.05) is 13.2 Å². The van der Waals surface area contributed by atoms with E-state index in [9.17, 15) is 4.79 Å². The van der Waals surface area contributed by atoms with Gasteiger partial charge in [0, 0.05) is 19.3 Å². The zero-order valence-electron chi connectivity index (χ0n) is 15.3. The van der Waals surface area contributed by atoms with Crippen molar-refractivity contribution in [1.29, 1.82) is 0 Å². The molecule has 0 unspecified atom stereocenters. The zero-order chi connectivity index (χ0) is 18.2. The number of aromatic nitrogens is 1. The van der Waals surface area contributed by atoms with Gasteiger partial charge in [-0.1, -0.05) is 75.8 Å². The summed E-state index contributed by atoms with van der Waals surface area (Å²) in [4.78, 5) is 15.8. The molecule has 0 aliphatic carbocycles. The predicted molar refractivity (Wildman–Crippen MR) is 104 cm³/mol. The summed E-state index contributed by atoms with van der Waals surface area (Å²) in [5, 5.41) is 12.0. The minimum absolute atomic E-state index is 0.0804. The first-order valence-corrected chi connectivity index (χ1v) is 10.1. The Morgan fingerprint density at radius 1 is 0.880 bits per heavy atom. The molecule has 1 heterocycles. The molecular formula is C20H33ClN2O2. The summed E-state index contributed by atoms with van der Waals surface area (Å²) < 4.78 is 0. The van der Waals surface area contributed by atoms with Gasteiger partial charge in [0.05, 0.1) is 5.56 Å². The first-order chi connectivity index (χ1) is 12.2. The van der Waals surface area contributed by atoms with Crippen molar-refractivity contribution in [3.8, 4) is 0 Å². The molecule has 0 radical (unpaired) electrons. The van der Waals surface area contributed by atoms with Crippen LogP contribution in [-0.4, -0.2) is 29.1 Å². The first kappa shape index (κ1) is 21.9. The Hall–Kier alpha value is -1.13. The number of carbonyl (C=O) groups excluding carboxylic acids is 1. The predicted octanol–water partition coefficient (Wildman–Crippen LogP) is 5.14. The molecule has 5 heteroatoms. The van der Waals surface area contributed by atoms with Gasteiger partial charge >= 0.3 is 0 Å². The standard InChI is InChI=1S/C20H33ClN2O2/c21-19-14-13-18(17-23-19)20(25)22-15-11-9-7-5-3-1-2-4-6-8-10-12-16-24/h13-14,17,24H,1-12,15-16H2,(H,22,25). The van der Waals surface area contributed by atoms with Gasteiger partial charge in [-0.2, -0.15) is 0 Å². The molecule has 142 valence electrons. The molecule has 2 N–H and O–H groups in total. The van der Waals surface area contributed by atoms with Crippen molar-refractivity contribution in [2.45, 2.75) is 77.0 Å². The summed E-state index contributed by atoms with van der Waals surface area (Å²) in [6.07, 6.45) is 16.2. The molecule has 0 bridgehead atoms. The average molecular weight is 369 g/mol. The Morgan fingerprint density at radius 3 is 1.88 bits per heavy atom. The molecule has 0 aliphatic rings. The highest BCUT2D eigenvalue weighted by Crippen LogP contribution is 2.12. The zero-order valence-corrected chi connectivity index (χ0v) is 16.1. The lowest BCUT2D eigenvalue weighted by Crippen LogP contribution is -2.24. The van der Waals surface area contributed by atoms with E-state index in [1.807, 2.05) is 0 Å². The minimum atomic E-state index is -0.0804. The van der Waals surface area contributed by atoms with Crippen LogP contribution in [0, 0.1) is 0 Å². The summed E-state index contributed by atoms with van der Waals surface area (Å²) in [7, 11) is 0. The second-order valence-electron chi connectivity index (χ2n) is 6.59. The topological polar surface area (TPSA) is 62.2 Å². The number of pyridine rings is 1. The van der Waals surface area contributed by atoms with Gasteiger partial charge < -0.3 is 10.4 Å². The number of carbonyl (C=O) groups is 1. The van der Waals surface area contributed by atoms with E-state index in [1.54, 1.807) is 12.1 Å². The maximum absolute atomic E-state index is 11.9. The Labute approximate surface area is 157 Å². The maximum Gasteiger partial charge on any atom is 0.252 e. The van der Waals surface area contributed by atoms with E-state index >= 15 is 0 Å². The van der Waals surface area contributed by atoms with E-state index in [0.29, 0.717) is 17.3 Å². The van der Waals surface area contributed by atoms with E-state index in [1.165, 1.54) is 70.4 Å². The van der Waals surface area contributed by atoms with E-state index in [0.717, 1.165) is 19.4 Å². The minimum Gasteiger partial charge on any atom is -0.396 e. The molecule has 0 atom stereocenters. The Morgan fingerprint density at radius 2 is 1.40 bits per heavy atom. The van der Waals surface area contributed by atoms with Gasteiger partial charge in [-0.15, -0.1) is 0 Å². The van der Waals surface area contributed by atoms with Gasteiger partial charge in [0.25, 0.3) is 5.91 Å². The number of halogens is 1. The molecule has 1 amide bonds. The van der Waals surface area contributed by atoms with Crippen molar-refractivity contribution in [3.05, 3.63) is 29.0 Å². The number of unbranched alkanes of at least 4 members (excludes halogenated alkanes) is 11. The molecule has 0 saturated heterocycles. The van der Waals surface area contributed by atoms with Crippen LogP contribution in [0.5, 0.6) is 0 Å². The molecule has 0 aliphatic heterocycles. The van der Waals surface area contributed by atoms with E-state index in [4.69, 9.17) is 16.7 Å². The molecule has 0 spiro atoms. The van der Waals surface area contributed by atoms with Crippen LogP contribution in [-0.2, 0) is 0 Å². The van der Waals surface area contributed by atoms with Crippen LogP contribution in [0.15, 0.2) is 18.3 Å². The molecule has 1 aromatic heterocycles.